The van der Waals surface area contributed by atoms with Gasteiger partial charge in [0.1, 0.15) is 17.2 Å². The molecule has 1 rings (SSSR count). The molecule has 0 aromatic heterocycles. The highest BCUT2D eigenvalue weighted by atomic mass is 32.2. The van der Waals surface area contributed by atoms with Crippen LogP contribution in [-0.4, -0.2) is 18.3 Å². The number of benzene rings is 1. The first-order chi connectivity index (χ1) is 9.00. The Morgan fingerprint density at radius 1 is 1.37 bits per heavy atom. The minimum absolute atomic E-state index is 0.344. The minimum Gasteiger partial charge on any atom is -0.303 e. The zero-order chi connectivity index (χ0) is 14.3. The Bertz CT molecular complexity index is 459. The summed E-state index contributed by atoms with van der Waals surface area (Å²) in [7, 11) is 1.76. The first kappa shape index (κ1) is 15.9. The molecular weight excluding hydrogens is 266 g/mol. The monoisotopic (exact) mass is 284 g/mol. The van der Waals surface area contributed by atoms with Crippen LogP contribution in [0.5, 0.6) is 0 Å². The fourth-order valence-corrected chi connectivity index (χ4v) is 2.56. The van der Waals surface area contributed by atoms with Crippen LogP contribution in [0.3, 0.4) is 0 Å². The number of hydrogen-bond donors (Lipinski definition) is 1. The molecule has 19 heavy (non-hydrogen) atoms. The third kappa shape index (κ3) is 5.17. The van der Waals surface area contributed by atoms with Crippen LogP contribution in [0.1, 0.15) is 26.2 Å². The van der Waals surface area contributed by atoms with Crippen molar-refractivity contribution in [1.82, 2.24) is 5.32 Å². The number of hydrogen-bond acceptors (Lipinski definition) is 3. The number of thioether (sulfide) groups is 1. The van der Waals surface area contributed by atoms with E-state index in [0.717, 1.165) is 31.4 Å². The van der Waals surface area contributed by atoms with Gasteiger partial charge in [0.15, 0.2) is 0 Å². The molecule has 104 valence electrons. The van der Waals surface area contributed by atoms with Gasteiger partial charge in [0.2, 0.25) is 0 Å². The highest BCUT2D eigenvalue weighted by Crippen LogP contribution is 2.24. The second-order valence-electron chi connectivity index (χ2n) is 4.57. The number of unbranched alkanes of at least 4 members (excludes halogenated alkanes) is 1. The molecule has 1 aromatic carbocycles. The molecule has 0 heterocycles. The van der Waals surface area contributed by atoms with E-state index in [2.05, 4.69) is 11.4 Å². The summed E-state index contributed by atoms with van der Waals surface area (Å²) in [6.07, 6.45) is 2.47. The maximum absolute atomic E-state index is 13.3. The van der Waals surface area contributed by atoms with Crippen molar-refractivity contribution in [3.63, 3.8) is 0 Å². The van der Waals surface area contributed by atoms with Crippen molar-refractivity contribution in [3.8, 4) is 6.07 Å². The number of rotatable bonds is 7. The fourth-order valence-electron chi connectivity index (χ4n) is 1.59. The first-order valence-electron chi connectivity index (χ1n) is 6.19. The Hall–Kier alpha value is -1.12. The molecule has 0 radical (unpaired) electrons. The largest absolute Gasteiger partial charge is 0.303 e. The third-order valence-corrected chi connectivity index (χ3v) is 4.14. The highest BCUT2D eigenvalue weighted by Gasteiger charge is 2.19. The SMILES string of the molecule is CNC(C)(C#N)CCCCSc1cc(F)ccc1F. The number of nitriles is 1. The van der Waals surface area contributed by atoms with Gasteiger partial charge in [0, 0.05) is 4.90 Å². The molecule has 2 nitrogen and oxygen atoms in total. The minimum atomic E-state index is -0.505. The topological polar surface area (TPSA) is 35.8 Å². The van der Waals surface area contributed by atoms with Crippen molar-refractivity contribution in [2.75, 3.05) is 12.8 Å². The van der Waals surface area contributed by atoms with Crippen LogP contribution in [0, 0.1) is 23.0 Å². The molecular formula is C14H18F2N2S. The van der Waals surface area contributed by atoms with E-state index in [-0.39, 0.29) is 5.82 Å². The Labute approximate surface area is 117 Å². The fraction of sp³-hybridized carbons (Fsp3) is 0.500. The van der Waals surface area contributed by atoms with Gasteiger partial charge in [-0.2, -0.15) is 5.26 Å². The standard InChI is InChI=1S/C14H18F2N2S/c1-14(10-17,18-2)7-3-4-8-19-13-9-11(15)5-6-12(13)16/h5-6,9,18H,3-4,7-8H2,1-2H3. The lowest BCUT2D eigenvalue weighted by Gasteiger charge is -2.20. The van der Waals surface area contributed by atoms with Gasteiger partial charge in [-0.05, 0) is 57.2 Å². The van der Waals surface area contributed by atoms with E-state index in [1.165, 1.54) is 17.8 Å². The van der Waals surface area contributed by atoms with Crippen LogP contribution in [0.2, 0.25) is 0 Å². The summed E-state index contributed by atoms with van der Waals surface area (Å²) in [4.78, 5) is 0.344. The van der Waals surface area contributed by atoms with Gasteiger partial charge < -0.3 is 5.32 Å². The number of nitrogens with one attached hydrogen (secondary N) is 1. The smallest absolute Gasteiger partial charge is 0.136 e. The molecule has 0 aliphatic heterocycles. The van der Waals surface area contributed by atoms with Crippen molar-refractivity contribution >= 4 is 11.8 Å². The van der Waals surface area contributed by atoms with Crippen molar-refractivity contribution in [1.29, 1.82) is 5.26 Å². The lowest BCUT2D eigenvalue weighted by Crippen LogP contribution is -2.37. The van der Waals surface area contributed by atoms with Crippen molar-refractivity contribution in [2.24, 2.45) is 0 Å². The summed E-state index contributed by atoms with van der Waals surface area (Å²) in [5, 5.41) is 12.0. The van der Waals surface area contributed by atoms with Crippen LogP contribution in [-0.2, 0) is 0 Å². The number of nitrogens with zero attached hydrogens (tertiary/aromatic N) is 1. The molecule has 0 bridgehead atoms. The maximum atomic E-state index is 13.3. The second-order valence-corrected chi connectivity index (χ2v) is 5.71. The molecule has 0 aliphatic rings. The van der Waals surface area contributed by atoms with E-state index < -0.39 is 11.4 Å². The van der Waals surface area contributed by atoms with Gasteiger partial charge in [0.25, 0.3) is 0 Å². The molecule has 1 atom stereocenters. The summed E-state index contributed by atoms with van der Waals surface area (Å²) in [6.45, 7) is 1.85. The Balaban J connectivity index is 2.32. The van der Waals surface area contributed by atoms with Crippen LogP contribution in [0.25, 0.3) is 0 Å². The molecule has 0 amide bonds. The van der Waals surface area contributed by atoms with Crippen LogP contribution >= 0.6 is 11.8 Å². The zero-order valence-electron chi connectivity index (χ0n) is 11.2. The quantitative estimate of drug-likeness (QED) is 0.612. The van der Waals surface area contributed by atoms with Crippen LogP contribution < -0.4 is 5.32 Å². The van der Waals surface area contributed by atoms with E-state index in [4.69, 9.17) is 5.26 Å². The van der Waals surface area contributed by atoms with Crippen molar-refractivity contribution < 1.29 is 8.78 Å². The molecule has 0 fully saturated rings. The summed E-state index contributed by atoms with van der Waals surface area (Å²) >= 11 is 1.31. The Morgan fingerprint density at radius 3 is 2.74 bits per heavy atom. The predicted molar refractivity (Wildman–Crippen MR) is 74.0 cm³/mol. The molecule has 0 spiro atoms. The van der Waals surface area contributed by atoms with E-state index in [0.29, 0.717) is 10.6 Å². The molecule has 5 heteroatoms. The van der Waals surface area contributed by atoms with Gasteiger partial charge in [-0.15, -0.1) is 11.8 Å². The van der Waals surface area contributed by atoms with Gasteiger partial charge in [-0.3, -0.25) is 0 Å². The van der Waals surface area contributed by atoms with E-state index in [9.17, 15) is 8.78 Å². The normalized spacial score (nSPS) is 13.8. The second kappa shape index (κ2) is 7.46. The van der Waals surface area contributed by atoms with Gasteiger partial charge in [0.05, 0.1) is 6.07 Å². The molecule has 1 aromatic rings. The Kier molecular flexibility index (Phi) is 6.26. The van der Waals surface area contributed by atoms with Gasteiger partial charge >= 0.3 is 0 Å². The van der Waals surface area contributed by atoms with Crippen molar-refractivity contribution in [2.45, 2.75) is 36.6 Å². The molecule has 0 saturated heterocycles. The lowest BCUT2D eigenvalue weighted by atomic mass is 9.97. The average molecular weight is 284 g/mol. The van der Waals surface area contributed by atoms with E-state index in [1.807, 2.05) is 6.92 Å². The summed E-state index contributed by atoms with van der Waals surface area (Å²) in [5.74, 6) is -0.0920. The summed E-state index contributed by atoms with van der Waals surface area (Å²) in [5.41, 5.74) is -0.505. The molecule has 1 unspecified atom stereocenters. The highest BCUT2D eigenvalue weighted by molar-refractivity contribution is 7.99. The van der Waals surface area contributed by atoms with Crippen LogP contribution in [0.4, 0.5) is 8.78 Å². The van der Waals surface area contributed by atoms with Crippen LogP contribution in [0.15, 0.2) is 23.1 Å². The molecule has 0 saturated carbocycles. The average Bonchev–Trinajstić information content (AvgIpc) is 2.42. The Morgan fingerprint density at radius 2 is 2.11 bits per heavy atom. The van der Waals surface area contributed by atoms with Crippen molar-refractivity contribution in [3.05, 3.63) is 29.8 Å². The lowest BCUT2D eigenvalue weighted by molar-refractivity contribution is 0.439. The van der Waals surface area contributed by atoms with E-state index >= 15 is 0 Å². The zero-order valence-corrected chi connectivity index (χ0v) is 12.0. The van der Waals surface area contributed by atoms with Gasteiger partial charge in [-0.1, -0.05) is 0 Å². The predicted octanol–water partition coefficient (Wildman–Crippen LogP) is 3.73. The number of halogens is 2. The summed E-state index contributed by atoms with van der Waals surface area (Å²) < 4.78 is 26.3. The third-order valence-electron chi connectivity index (χ3n) is 3.02. The van der Waals surface area contributed by atoms with E-state index in [1.54, 1.807) is 7.05 Å². The molecule has 0 aliphatic carbocycles. The molecule has 1 N–H and O–H groups in total. The maximum Gasteiger partial charge on any atom is 0.136 e. The van der Waals surface area contributed by atoms with Gasteiger partial charge in [-0.25, -0.2) is 8.78 Å². The summed E-state index contributed by atoms with van der Waals surface area (Å²) in [6, 6.07) is 5.70. The first-order valence-corrected chi connectivity index (χ1v) is 7.17.